The Kier molecular flexibility index (Phi) is 6.67. The van der Waals surface area contributed by atoms with Crippen LogP contribution >= 0.6 is 11.3 Å². The molecule has 0 saturated carbocycles. The van der Waals surface area contributed by atoms with E-state index in [9.17, 15) is 4.79 Å². The monoisotopic (exact) mass is 271 g/mol. The molecule has 0 aliphatic carbocycles. The molecule has 1 aromatic rings. The van der Waals surface area contributed by atoms with Gasteiger partial charge in [-0.1, -0.05) is 0 Å². The summed E-state index contributed by atoms with van der Waals surface area (Å²) in [6, 6.07) is -0.0777. The number of aliphatic hydroxyl groups is 1. The van der Waals surface area contributed by atoms with Crippen molar-refractivity contribution < 1.29 is 9.90 Å². The highest BCUT2D eigenvalue weighted by Gasteiger charge is 2.06. The van der Waals surface area contributed by atoms with E-state index in [1.807, 2.05) is 19.2 Å². The lowest BCUT2D eigenvalue weighted by atomic mass is 10.2. The molecule has 0 fully saturated rings. The Morgan fingerprint density at radius 3 is 3.00 bits per heavy atom. The summed E-state index contributed by atoms with van der Waals surface area (Å²) in [7, 11) is 0. The van der Waals surface area contributed by atoms with Gasteiger partial charge in [0.05, 0.1) is 10.7 Å². The van der Waals surface area contributed by atoms with Gasteiger partial charge in [-0.25, -0.2) is 9.78 Å². The molecule has 1 rings (SSSR count). The summed E-state index contributed by atoms with van der Waals surface area (Å²) in [6.45, 7) is 4.65. The Balaban J connectivity index is 2.13. The van der Waals surface area contributed by atoms with E-state index in [2.05, 4.69) is 15.6 Å². The van der Waals surface area contributed by atoms with E-state index in [1.54, 1.807) is 11.3 Å². The van der Waals surface area contributed by atoms with Gasteiger partial charge in [-0.05, 0) is 26.7 Å². The first-order valence-electron chi connectivity index (χ1n) is 6.18. The molecule has 3 N–H and O–H groups in total. The lowest BCUT2D eigenvalue weighted by molar-refractivity contribution is 0.234. The van der Waals surface area contributed by atoms with Crippen LogP contribution < -0.4 is 10.6 Å². The zero-order valence-electron chi connectivity index (χ0n) is 10.9. The molecule has 1 heterocycles. The van der Waals surface area contributed by atoms with E-state index < -0.39 is 0 Å². The summed E-state index contributed by atoms with van der Waals surface area (Å²) in [5, 5.41) is 17.4. The zero-order valence-corrected chi connectivity index (χ0v) is 11.7. The molecule has 102 valence electrons. The first kappa shape index (κ1) is 14.9. The van der Waals surface area contributed by atoms with Crippen LogP contribution in [-0.4, -0.2) is 35.3 Å². The molecule has 18 heavy (non-hydrogen) atoms. The summed E-state index contributed by atoms with van der Waals surface area (Å²) in [4.78, 5) is 15.8. The Morgan fingerprint density at radius 2 is 2.39 bits per heavy atom. The van der Waals surface area contributed by atoms with Crippen LogP contribution in [0.25, 0.3) is 0 Å². The van der Waals surface area contributed by atoms with Crippen LogP contribution in [0.4, 0.5) is 4.79 Å². The Hall–Kier alpha value is -1.14. The van der Waals surface area contributed by atoms with Crippen molar-refractivity contribution in [1.29, 1.82) is 0 Å². The Morgan fingerprint density at radius 1 is 1.61 bits per heavy atom. The number of carbonyl (C=O) groups is 1. The minimum atomic E-state index is -0.160. The number of aromatic nitrogens is 1. The van der Waals surface area contributed by atoms with Gasteiger partial charge >= 0.3 is 6.03 Å². The maximum Gasteiger partial charge on any atom is 0.315 e. The third-order valence-corrected chi connectivity index (χ3v) is 3.33. The van der Waals surface area contributed by atoms with Crippen molar-refractivity contribution in [3.63, 3.8) is 0 Å². The van der Waals surface area contributed by atoms with E-state index in [1.165, 1.54) is 0 Å². The maximum atomic E-state index is 11.5. The molecular weight excluding hydrogens is 250 g/mol. The topological polar surface area (TPSA) is 74.2 Å². The fourth-order valence-electron chi connectivity index (χ4n) is 1.57. The van der Waals surface area contributed by atoms with Gasteiger partial charge in [0.25, 0.3) is 0 Å². The fraction of sp³-hybridized carbons (Fsp3) is 0.667. The highest BCUT2D eigenvalue weighted by molar-refractivity contribution is 7.09. The largest absolute Gasteiger partial charge is 0.396 e. The Labute approximate surface area is 112 Å². The van der Waals surface area contributed by atoms with Crippen molar-refractivity contribution in [1.82, 2.24) is 15.6 Å². The summed E-state index contributed by atoms with van der Waals surface area (Å²) >= 11 is 1.62. The standard InChI is InChI=1S/C12H21N3O2S/c1-9(4-3-7-16)14-12(17)13-6-5-11-8-18-10(2)15-11/h8-9,16H,3-7H2,1-2H3,(H2,13,14,17). The molecule has 0 spiro atoms. The molecule has 5 nitrogen and oxygen atoms in total. The normalized spacial score (nSPS) is 12.2. The lowest BCUT2D eigenvalue weighted by Gasteiger charge is -2.13. The SMILES string of the molecule is Cc1nc(CCNC(=O)NC(C)CCCO)cs1. The molecule has 2 amide bonds. The van der Waals surface area contributed by atoms with Gasteiger partial charge < -0.3 is 15.7 Å². The van der Waals surface area contributed by atoms with Gasteiger partial charge in [0.2, 0.25) is 0 Å². The summed E-state index contributed by atoms with van der Waals surface area (Å²) in [5.74, 6) is 0. The second-order valence-corrected chi connectivity index (χ2v) is 5.34. The number of carbonyl (C=O) groups excluding carboxylic acids is 1. The number of aliphatic hydroxyl groups excluding tert-OH is 1. The van der Waals surface area contributed by atoms with Crippen molar-refractivity contribution in [2.45, 2.75) is 39.2 Å². The average molecular weight is 271 g/mol. The molecule has 0 bridgehead atoms. The van der Waals surface area contributed by atoms with E-state index in [0.717, 1.165) is 23.5 Å². The van der Waals surface area contributed by atoms with Crippen LogP contribution in [0.3, 0.4) is 0 Å². The molecule has 1 aromatic heterocycles. The van der Waals surface area contributed by atoms with Crippen molar-refractivity contribution in [2.24, 2.45) is 0 Å². The number of hydrogen-bond acceptors (Lipinski definition) is 4. The van der Waals surface area contributed by atoms with Gasteiger partial charge in [-0.15, -0.1) is 11.3 Å². The van der Waals surface area contributed by atoms with Crippen LogP contribution in [0.5, 0.6) is 0 Å². The van der Waals surface area contributed by atoms with Gasteiger partial charge in [0.1, 0.15) is 0 Å². The second kappa shape index (κ2) is 8.05. The fourth-order valence-corrected chi connectivity index (χ4v) is 2.22. The Bertz CT molecular complexity index is 368. The van der Waals surface area contributed by atoms with Gasteiger partial charge in [-0.2, -0.15) is 0 Å². The number of aryl methyl sites for hydroxylation is 1. The molecule has 1 unspecified atom stereocenters. The first-order valence-corrected chi connectivity index (χ1v) is 7.06. The van der Waals surface area contributed by atoms with Crippen LogP contribution in [0, 0.1) is 6.92 Å². The van der Waals surface area contributed by atoms with Gasteiger partial charge in [-0.3, -0.25) is 0 Å². The number of rotatable bonds is 7. The van der Waals surface area contributed by atoms with Crippen molar-refractivity contribution in [2.75, 3.05) is 13.2 Å². The number of nitrogens with one attached hydrogen (secondary N) is 2. The van der Waals surface area contributed by atoms with E-state index in [0.29, 0.717) is 13.0 Å². The van der Waals surface area contributed by atoms with Crippen LogP contribution in [0.2, 0.25) is 0 Å². The zero-order chi connectivity index (χ0) is 13.4. The molecule has 1 atom stereocenters. The van der Waals surface area contributed by atoms with Crippen molar-refractivity contribution in [3.05, 3.63) is 16.1 Å². The lowest BCUT2D eigenvalue weighted by Crippen LogP contribution is -2.41. The van der Waals surface area contributed by atoms with Gasteiger partial charge in [0, 0.05) is 31.0 Å². The summed E-state index contributed by atoms with van der Waals surface area (Å²) in [5.41, 5.74) is 1.02. The molecule has 0 radical (unpaired) electrons. The summed E-state index contributed by atoms with van der Waals surface area (Å²) < 4.78 is 0. The molecule has 6 heteroatoms. The quantitative estimate of drug-likeness (QED) is 0.703. The minimum absolute atomic E-state index is 0.0821. The predicted molar refractivity (Wildman–Crippen MR) is 72.9 cm³/mol. The van der Waals surface area contributed by atoms with Crippen LogP contribution in [0.15, 0.2) is 5.38 Å². The molecule has 0 aliphatic heterocycles. The average Bonchev–Trinajstić information content (AvgIpc) is 2.72. The van der Waals surface area contributed by atoms with E-state index in [4.69, 9.17) is 5.11 Å². The van der Waals surface area contributed by atoms with Crippen molar-refractivity contribution >= 4 is 17.4 Å². The maximum absolute atomic E-state index is 11.5. The highest BCUT2D eigenvalue weighted by atomic mass is 32.1. The van der Waals surface area contributed by atoms with Gasteiger partial charge in [0.15, 0.2) is 0 Å². The molecule has 0 saturated heterocycles. The smallest absolute Gasteiger partial charge is 0.315 e. The summed E-state index contributed by atoms with van der Waals surface area (Å²) in [6.07, 6.45) is 2.25. The predicted octanol–water partition coefficient (Wildman–Crippen LogP) is 1.45. The minimum Gasteiger partial charge on any atom is -0.396 e. The molecular formula is C12H21N3O2S. The van der Waals surface area contributed by atoms with Crippen LogP contribution in [-0.2, 0) is 6.42 Å². The van der Waals surface area contributed by atoms with E-state index in [-0.39, 0.29) is 18.7 Å². The number of amides is 2. The van der Waals surface area contributed by atoms with E-state index >= 15 is 0 Å². The second-order valence-electron chi connectivity index (χ2n) is 4.27. The third-order valence-electron chi connectivity index (χ3n) is 2.51. The number of thiazole rings is 1. The highest BCUT2D eigenvalue weighted by Crippen LogP contribution is 2.07. The number of hydrogen-bond donors (Lipinski definition) is 3. The number of urea groups is 1. The molecule has 0 aliphatic rings. The van der Waals surface area contributed by atoms with Crippen molar-refractivity contribution in [3.8, 4) is 0 Å². The molecule has 0 aromatic carbocycles. The first-order chi connectivity index (χ1) is 8.61. The number of nitrogens with zero attached hydrogens (tertiary/aromatic N) is 1. The third kappa shape index (κ3) is 5.97. The van der Waals surface area contributed by atoms with Crippen LogP contribution in [0.1, 0.15) is 30.5 Å².